The number of rotatable bonds is 7. The van der Waals surface area contributed by atoms with Gasteiger partial charge in [0.2, 0.25) is 10.0 Å². The van der Waals surface area contributed by atoms with E-state index < -0.39 is 10.0 Å². The summed E-state index contributed by atoms with van der Waals surface area (Å²) in [6, 6.07) is 3.20. The molecule has 0 aliphatic carbocycles. The van der Waals surface area contributed by atoms with E-state index in [0.717, 1.165) is 12.8 Å². The summed E-state index contributed by atoms with van der Waals surface area (Å²) in [7, 11) is -1.96. The minimum Gasteiger partial charge on any atom is -0.398 e. The van der Waals surface area contributed by atoms with Gasteiger partial charge in [-0.3, -0.25) is 0 Å². The Morgan fingerprint density at radius 2 is 1.95 bits per heavy atom. The third kappa shape index (κ3) is 4.18. The molecule has 0 saturated carbocycles. The van der Waals surface area contributed by atoms with Crippen LogP contribution in [0.2, 0.25) is 0 Å². The van der Waals surface area contributed by atoms with Gasteiger partial charge < -0.3 is 10.8 Å². The minimum atomic E-state index is -3.53. The quantitative estimate of drug-likeness (QED) is 0.573. The van der Waals surface area contributed by atoms with Gasteiger partial charge in [0.25, 0.3) is 0 Å². The van der Waals surface area contributed by atoms with Gasteiger partial charge in [-0.05, 0) is 59.8 Å². The lowest BCUT2D eigenvalue weighted by molar-refractivity contribution is 0.281. The molecular weight excluding hydrogens is 344 g/mol. The Morgan fingerprint density at radius 3 is 2.55 bits per heavy atom. The molecule has 114 valence electrons. The number of nitrogen functional groups attached to an aromatic ring is 1. The van der Waals surface area contributed by atoms with Crippen LogP contribution in [0.25, 0.3) is 0 Å². The maximum Gasteiger partial charge on any atom is 0.243 e. The van der Waals surface area contributed by atoms with Crippen LogP contribution in [0.4, 0.5) is 5.69 Å². The van der Waals surface area contributed by atoms with Crippen molar-refractivity contribution in [1.29, 1.82) is 0 Å². The van der Waals surface area contributed by atoms with E-state index in [9.17, 15) is 8.42 Å². The van der Waals surface area contributed by atoms with Gasteiger partial charge in [0.05, 0.1) is 4.90 Å². The van der Waals surface area contributed by atoms with Crippen molar-refractivity contribution in [2.75, 3.05) is 25.9 Å². The van der Waals surface area contributed by atoms with Crippen LogP contribution in [0.3, 0.4) is 0 Å². The average Bonchev–Trinajstić information content (AvgIpc) is 2.38. The van der Waals surface area contributed by atoms with Gasteiger partial charge >= 0.3 is 0 Å². The molecule has 0 saturated heterocycles. The molecule has 0 aromatic heterocycles. The number of nitrogens with zero attached hydrogens (tertiary/aromatic N) is 1. The lowest BCUT2D eigenvalue weighted by Gasteiger charge is -2.19. The molecule has 0 atom stereocenters. The monoisotopic (exact) mass is 364 g/mol. The number of sulfonamides is 1. The maximum atomic E-state index is 12.5. The van der Waals surface area contributed by atoms with Crippen molar-refractivity contribution < 1.29 is 13.5 Å². The van der Waals surface area contributed by atoms with Crippen LogP contribution in [-0.2, 0) is 10.0 Å². The standard InChI is InChI=1S/C13H21BrN2O3S/c1-10-8-11(14)12(15)9-13(10)20(18,19)16(2)6-4-3-5-7-17/h8-9,17H,3-7,15H2,1-2H3. The van der Waals surface area contributed by atoms with Crippen molar-refractivity contribution in [2.24, 2.45) is 0 Å². The van der Waals surface area contributed by atoms with Gasteiger partial charge in [0.15, 0.2) is 0 Å². The third-order valence-electron chi connectivity index (χ3n) is 3.11. The van der Waals surface area contributed by atoms with Crippen LogP contribution in [0.1, 0.15) is 24.8 Å². The molecule has 0 radical (unpaired) electrons. The van der Waals surface area contributed by atoms with E-state index >= 15 is 0 Å². The second-order valence-electron chi connectivity index (χ2n) is 4.75. The Bertz CT molecular complexity index is 561. The van der Waals surface area contributed by atoms with Crippen LogP contribution < -0.4 is 5.73 Å². The second-order valence-corrected chi connectivity index (χ2v) is 7.62. The molecular formula is C13H21BrN2O3S. The van der Waals surface area contributed by atoms with Gasteiger partial charge in [0, 0.05) is 30.4 Å². The Labute approximate surface area is 129 Å². The summed E-state index contributed by atoms with van der Waals surface area (Å²) in [5, 5.41) is 8.71. The topological polar surface area (TPSA) is 83.6 Å². The number of nitrogens with two attached hydrogens (primary N) is 1. The normalized spacial score (nSPS) is 12.1. The van der Waals surface area contributed by atoms with Crippen molar-refractivity contribution in [2.45, 2.75) is 31.1 Å². The largest absolute Gasteiger partial charge is 0.398 e. The fourth-order valence-corrected chi connectivity index (χ4v) is 3.76. The minimum absolute atomic E-state index is 0.138. The molecule has 1 rings (SSSR count). The summed E-state index contributed by atoms with van der Waals surface area (Å²) in [6.45, 7) is 2.31. The van der Waals surface area contributed by atoms with Crippen LogP contribution in [0.5, 0.6) is 0 Å². The van der Waals surface area contributed by atoms with Crippen molar-refractivity contribution >= 4 is 31.6 Å². The molecule has 0 aliphatic heterocycles. The first-order valence-corrected chi connectivity index (χ1v) is 8.67. The Hall–Kier alpha value is -0.630. The SMILES string of the molecule is Cc1cc(Br)c(N)cc1S(=O)(=O)N(C)CCCCCO. The van der Waals surface area contributed by atoms with Gasteiger partial charge in [-0.2, -0.15) is 0 Å². The fourth-order valence-electron chi connectivity index (χ4n) is 1.86. The fraction of sp³-hybridized carbons (Fsp3) is 0.538. The van der Waals surface area contributed by atoms with Gasteiger partial charge in [0.1, 0.15) is 0 Å². The summed E-state index contributed by atoms with van der Waals surface area (Å²) in [6.07, 6.45) is 2.22. The highest BCUT2D eigenvalue weighted by atomic mass is 79.9. The van der Waals surface area contributed by atoms with Crippen molar-refractivity contribution in [3.63, 3.8) is 0 Å². The van der Waals surface area contributed by atoms with E-state index in [-0.39, 0.29) is 11.5 Å². The molecule has 5 nitrogen and oxygen atoms in total. The lowest BCUT2D eigenvalue weighted by Crippen LogP contribution is -2.28. The Morgan fingerprint density at radius 1 is 1.30 bits per heavy atom. The zero-order chi connectivity index (χ0) is 15.3. The first-order valence-electron chi connectivity index (χ1n) is 6.43. The molecule has 3 N–H and O–H groups in total. The van der Waals surface area contributed by atoms with E-state index in [1.807, 2.05) is 0 Å². The van der Waals surface area contributed by atoms with Crippen LogP contribution in [0, 0.1) is 6.92 Å². The van der Waals surface area contributed by atoms with Crippen molar-refractivity contribution in [3.05, 3.63) is 22.2 Å². The summed E-state index contributed by atoms with van der Waals surface area (Å²) < 4.78 is 27.0. The molecule has 0 spiro atoms. The number of aliphatic hydroxyl groups excluding tert-OH is 1. The van der Waals surface area contributed by atoms with Gasteiger partial charge in [-0.25, -0.2) is 12.7 Å². The zero-order valence-corrected chi connectivity index (χ0v) is 14.2. The molecule has 0 fully saturated rings. The number of aryl methyl sites for hydroxylation is 1. The smallest absolute Gasteiger partial charge is 0.243 e. The molecule has 0 heterocycles. The zero-order valence-electron chi connectivity index (χ0n) is 11.8. The van der Waals surface area contributed by atoms with Gasteiger partial charge in [-0.15, -0.1) is 0 Å². The van der Waals surface area contributed by atoms with Crippen LogP contribution in [0.15, 0.2) is 21.5 Å². The van der Waals surface area contributed by atoms with Crippen LogP contribution >= 0.6 is 15.9 Å². The molecule has 0 unspecified atom stereocenters. The number of unbranched alkanes of at least 4 members (excludes halogenated alkanes) is 2. The van der Waals surface area contributed by atoms with Gasteiger partial charge in [-0.1, -0.05) is 0 Å². The summed E-state index contributed by atoms with van der Waals surface area (Å²) >= 11 is 3.29. The molecule has 0 bridgehead atoms. The Balaban J connectivity index is 2.90. The summed E-state index contributed by atoms with van der Waals surface area (Å²) in [4.78, 5) is 0.239. The predicted molar refractivity (Wildman–Crippen MR) is 84.0 cm³/mol. The average molecular weight is 365 g/mol. The van der Waals surface area contributed by atoms with E-state index in [0.29, 0.717) is 28.7 Å². The predicted octanol–water partition coefficient (Wildman–Crippen LogP) is 2.12. The number of anilines is 1. The number of benzene rings is 1. The summed E-state index contributed by atoms with van der Waals surface area (Å²) in [5.74, 6) is 0. The number of aliphatic hydroxyl groups is 1. The molecule has 0 amide bonds. The molecule has 0 aliphatic rings. The van der Waals surface area contributed by atoms with Crippen LogP contribution in [-0.4, -0.2) is 38.0 Å². The number of hydrogen-bond acceptors (Lipinski definition) is 4. The highest BCUT2D eigenvalue weighted by Gasteiger charge is 2.23. The highest BCUT2D eigenvalue weighted by Crippen LogP contribution is 2.28. The molecule has 7 heteroatoms. The van der Waals surface area contributed by atoms with E-state index in [2.05, 4.69) is 15.9 Å². The van der Waals surface area contributed by atoms with Crippen molar-refractivity contribution in [3.8, 4) is 0 Å². The van der Waals surface area contributed by atoms with E-state index in [1.165, 1.54) is 10.4 Å². The summed E-state index contributed by atoms with van der Waals surface area (Å²) in [5.41, 5.74) is 6.83. The third-order valence-corrected chi connectivity index (χ3v) is 5.80. The van der Waals surface area contributed by atoms with E-state index in [4.69, 9.17) is 10.8 Å². The first-order chi connectivity index (χ1) is 9.30. The second kappa shape index (κ2) is 7.40. The van der Waals surface area contributed by atoms with E-state index in [1.54, 1.807) is 20.0 Å². The Kier molecular flexibility index (Phi) is 6.44. The number of hydrogen-bond donors (Lipinski definition) is 2. The molecule has 1 aromatic rings. The molecule has 1 aromatic carbocycles. The highest BCUT2D eigenvalue weighted by molar-refractivity contribution is 9.10. The first kappa shape index (κ1) is 17.4. The lowest BCUT2D eigenvalue weighted by atomic mass is 10.2. The number of halogens is 1. The van der Waals surface area contributed by atoms with Crippen molar-refractivity contribution in [1.82, 2.24) is 4.31 Å². The maximum absolute atomic E-state index is 12.5. The molecule has 20 heavy (non-hydrogen) atoms.